The van der Waals surface area contributed by atoms with Crippen LogP contribution < -0.4 is 0 Å². The van der Waals surface area contributed by atoms with E-state index in [1.54, 1.807) is 0 Å². The van der Waals surface area contributed by atoms with E-state index in [9.17, 15) is 2.74 Å². The first kappa shape index (κ1) is 11.2. The molecule has 1 aromatic heterocycles. The molecule has 1 nitrogen and oxygen atoms in total. The van der Waals surface area contributed by atoms with Crippen LogP contribution in [0.3, 0.4) is 0 Å². The summed E-state index contributed by atoms with van der Waals surface area (Å²) in [5.74, 6) is 0. The van der Waals surface area contributed by atoms with E-state index in [1.165, 1.54) is 24.3 Å². The van der Waals surface area contributed by atoms with Gasteiger partial charge in [0.1, 0.15) is 11.2 Å². The first-order chi connectivity index (χ1) is 32.3. The number of benzene rings is 8. The third-order valence-electron chi connectivity index (χ3n) is 7.40. The lowest BCUT2D eigenvalue weighted by atomic mass is 9.85. The van der Waals surface area contributed by atoms with E-state index in [0.29, 0.717) is 0 Å². The molecule has 0 saturated heterocycles. The van der Waals surface area contributed by atoms with Gasteiger partial charge in [-0.3, -0.25) is 0 Å². The average molecular weight is 597 g/mol. The third-order valence-corrected chi connectivity index (χ3v) is 7.40. The van der Waals surface area contributed by atoms with Crippen molar-refractivity contribution in [3.63, 3.8) is 0 Å². The highest BCUT2D eigenvalue weighted by Crippen LogP contribution is 2.44. The third kappa shape index (κ3) is 4.17. The molecule has 0 aliphatic heterocycles. The Labute approximate surface area is 295 Å². The largest absolute Gasteiger partial charge is 0.455 e. The summed E-state index contributed by atoms with van der Waals surface area (Å²) in [5, 5.41) is -2.08. The van der Waals surface area contributed by atoms with Gasteiger partial charge in [-0.2, -0.15) is 0 Å². The minimum atomic E-state index is -0.817. The molecule has 0 amide bonds. The number of fused-ring (bicyclic) bond motifs is 5. The van der Waals surface area contributed by atoms with Gasteiger partial charge in [-0.05, 0) is 72.6 Å². The monoisotopic (exact) mass is 596 g/mol. The van der Waals surface area contributed by atoms with Gasteiger partial charge in [0.2, 0.25) is 0 Å². The molecule has 1 heterocycles. The van der Waals surface area contributed by atoms with Crippen molar-refractivity contribution in [3.05, 3.63) is 169 Å². The van der Waals surface area contributed by atoms with Crippen LogP contribution in [0.15, 0.2) is 174 Å². The minimum absolute atomic E-state index is 0.0519. The molecule has 210 valence electrons. The molecule has 1 heteroatoms. The number of hydrogen-bond donors (Lipinski definition) is 0. The Morgan fingerprint density at radius 1 is 0.356 bits per heavy atom. The van der Waals surface area contributed by atoms with Gasteiger partial charge in [0.05, 0.1) is 32.9 Å². The quantitative estimate of drug-likeness (QED) is 0.184. The highest BCUT2D eigenvalue weighted by Gasteiger charge is 2.17. The second kappa shape index (κ2) is 10.4. The molecule has 0 bridgehead atoms. The Morgan fingerprint density at radius 2 is 0.867 bits per heavy atom. The van der Waals surface area contributed by atoms with Crippen molar-refractivity contribution in [2.24, 2.45) is 0 Å². The zero-order valence-electron chi connectivity index (χ0n) is 46.7. The van der Waals surface area contributed by atoms with Gasteiger partial charge in [0.15, 0.2) is 0 Å². The fourth-order valence-electron chi connectivity index (χ4n) is 5.46. The van der Waals surface area contributed by atoms with Crippen LogP contribution in [-0.2, 0) is 0 Å². The van der Waals surface area contributed by atoms with Crippen LogP contribution in [0.2, 0.25) is 0 Å². The van der Waals surface area contributed by atoms with Crippen molar-refractivity contribution >= 4 is 43.5 Å². The van der Waals surface area contributed by atoms with Gasteiger partial charge in [-0.1, -0.05) is 157 Å². The van der Waals surface area contributed by atoms with Crippen molar-refractivity contribution in [3.8, 4) is 44.5 Å². The van der Waals surface area contributed by atoms with Gasteiger partial charge in [0.25, 0.3) is 0 Å². The fourth-order valence-corrected chi connectivity index (χ4v) is 5.46. The van der Waals surface area contributed by atoms with Crippen LogP contribution in [0.4, 0.5) is 0 Å². The summed E-state index contributed by atoms with van der Waals surface area (Å²) in [5.41, 5.74) is -3.09. The fraction of sp³-hybridized carbons (Fsp3) is 0. The van der Waals surface area contributed by atoms with Crippen LogP contribution >= 0.6 is 0 Å². The lowest BCUT2D eigenvalue weighted by Crippen LogP contribution is -1.90. The van der Waals surface area contributed by atoms with Gasteiger partial charge in [-0.15, -0.1) is 0 Å². The molecule has 0 aliphatic carbocycles. The molecule has 0 atom stereocenters. The molecule has 0 radical (unpaired) electrons. The maximum atomic E-state index is 9.21. The predicted molar refractivity (Wildman–Crippen MR) is 190 cm³/mol. The van der Waals surface area contributed by atoms with E-state index in [4.69, 9.17) is 34.6 Å². The van der Waals surface area contributed by atoms with Crippen molar-refractivity contribution in [1.29, 1.82) is 0 Å². The maximum absolute atomic E-state index is 9.21. The normalized spacial score (nSPS) is 19.0. The maximum Gasteiger partial charge on any atom is 0.143 e. The minimum Gasteiger partial charge on any atom is -0.455 e. The Kier molecular flexibility index (Phi) is 2.58. The SMILES string of the molecule is [2H]c1c([2H])c([2H])c(-c2c([2H])c([2H])c3c(oc4c(-c5ccc(-c6c7c([2H])c([2H])c([2H])c([2H])c7c(-c7c([2H])c([2H])c([2H])c([2H])c7[2H])c7c([2H])c([2H])c([2H])c([2H])c67)cc5)c([2H])c([2H])c([2H])c43)c2[2H])c([2H])c1[2H]. The van der Waals surface area contributed by atoms with Crippen LogP contribution in [0.5, 0.6) is 0 Å². The van der Waals surface area contributed by atoms with E-state index in [2.05, 4.69) is 0 Å². The van der Waals surface area contributed by atoms with Gasteiger partial charge in [0, 0.05) is 16.3 Å². The number of para-hydroxylation sites is 1. The summed E-state index contributed by atoms with van der Waals surface area (Å²) >= 11 is 0. The summed E-state index contributed by atoms with van der Waals surface area (Å²) in [6.45, 7) is 0. The zero-order valence-corrected chi connectivity index (χ0v) is 22.7. The molecular weight excluding hydrogens is 544 g/mol. The van der Waals surface area contributed by atoms with E-state index in [0.717, 1.165) is 0 Å². The molecule has 9 aromatic rings. The summed E-state index contributed by atoms with van der Waals surface area (Å²) in [6, 6.07) is -12.3. The highest BCUT2D eigenvalue weighted by atomic mass is 16.3. The van der Waals surface area contributed by atoms with Crippen LogP contribution in [-0.4, -0.2) is 0 Å². The second-order valence-corrected chi connectivity index (χ2v) is 9.84. The smallest absolute Gasteiger partial charge is 0.143 e. The summed E-state index contributed by atoms with van der Waals surface area (Å²) < 4.78 is 216. The first-order valence-electron chi connectivity index (χ1n) is 25.5. The van der Waals surface area contributed by atoms with Crippen LogP contribution in [0, 0.1) is 0 Å². The molecule has 0 unspecified atom stereocenters. The lowest BCUT2D eigenvalue weighted by Gasteiger charge is -2.18. The molecule has 0 aliphatic rings. The Bertz CT molecular complexity index is 3740. The molecular formula is C44H28O. The number of furan rings is 1. The molecule has 0 saturated carbocycles. The van der Waals surface area contributed by atoms with Crippen LogP contribution in [0.1, 0.15) is 32.9 Å². The van der Waals surface area contributed by atoms with Gasteiger partial charge < -0.3 is 4.42 Å². The molecule has 0 N–H and O–H groups in total. The van der Waals surface area contributed by atoms with Crippen molar-refractivity contribution in [2.45, 2.75) is 0 Å². The number of rotatable bonds is 4. The van der Waals surface area contributed by atoms with E-state index in [1.807, 2.05) is 0 Å². The first-order valence-corrected chi connectivity index (χ1v) is 13.5. The Balaban J connectivity index is 1.39. The molecule has 9 rings (SSSR count). The molecule has 0 fully saturated rings. The lowest BCUT2D eigenvalue weighted by molar-refractivity contribution is 0.670. The van der Waals surface area contributed by atoms with Gasteiger partial charge in [-0.25, -0.2) is 0 Å². The zero-order chi connectivity index (χ0) is 50.6. The standard InChI is InChI=1S/C44H28O/c1-3-12-29(13-4-1)33-26-27-35-40-21-11-20-34(44(40)45-41(35)28-33)30-22-24-32(25-23-30)43-38-18-9-7-16-36(38)42(31-14-5-2-6-15-31)37-17-8-10-19-39(37)43/h1-28H/i1D,2D,3D,4D,5D,6D,7D,8D,9D,10D,11D,12D,13D,14D,15D,16D,17D,18D,19D,20D,21D,26D,27D,28D. The molecule has 8 aromatic carbocycles. The van der Waals surface area contributed by atoms with Crippen molar-refractivity contribution < 1.29 is 37.3 Å². The summed E-state index contributed by atoms with van der Waals surface area (Å²) in [6.07, 6.45) is 0. The Morgan fingerprint density at radius 3 is 1.49 bits per heavy atom. The number of hydrogen-bond acceptors (Lipinski definition) is 1. The summed E-state index contributed by atoms with van der Waals surface area (Å²) in [4.78, 5) is 0. The second-order valence-electron chi connectivity index (χ2n) is 9.84. The van der Waals surface area contributed by atoms with Crippen molar-refractivity contribution in [1.82, 2.24) is 0 Å². The topological polar surface area (TPSA) is 13.1 Å². The highest BCUT2D eigenvalue weighted by molar-refractivity contribution is 6.21. The van der Waals surface area contributed by atoms with E-state index >= 15 is 0 Å². The Hall–Kier alpha value is -5.92. The molecule has 45 heavy (non-hydrogen) atoms. The van der Waals surface area contributed by atoms with Gasteiger partial charge >= 0.3 is 0 Å². The molecule has 0 spiro atoms. The van der Waals surface area contributed by atoms with Crippen LogP contribution in [0.25, 0.3) is 88.0 Å². The van der Waals surface area contributed by atoms with E-state index < -0.39 is 184 Å². The average Bonchev–Trinajstić information content (AvgIpc) is 3.73. The van der Waals surface area contributed by atoms with Crippen molar-refractivity contribution in [2.75, 3.05) is 0 Å². The van der Waals surface area contributed by atoms with E-state index in [-0.39, 0.29) is 49.4 Å². The predicted octanol–water partition coefficient (Wildman–Crippen LogP) is 12.6. The summed E-state index contributed by atoms with van der Waals surface area (Å²) in [7, 11) is 0.